The van der Waals surface area contributed by atoms with Crippen LogP contribution in [0.15, 0.2) is 24.3 Å². The lowest BCUT2D eigenvalue weighted by atomic mass is 10.3. The summed E-state index contributed by atoms with van der Waals surface area (Å²) < 4.78 is 10.4. The largest absolute Gasteiger partial charge is 0.491 e. The number of carbonyl (C=O) groups excluding carboxylic acids is 1. The number of benzene rings is 1. The van der Waals surface area contributed by atoms with Crippen molar-refractivity contribution in [2.24, 2.45) is 0 Å². The molecule has 0 fully saturated rings. The van der Waals surface area contributed by atoms with Crippen molar-refractivity contribution in [2.75, 3.05) is 13.2 Å². The van der Waals surface area contributed by atoms with E-state index in [4.69, 9.17) is 21.1 Å². The third-order valence-electron chi connectivity index (χ3n) is 2.16. The van der Waals surface area contributed by atoms with E-state index >= 15 is 0 Å². The molecule has 17 heavy (non-hydrogen) atoms. The van der Waals surface area contributed by atoms with Gasteiger partial charge in [0.1, 0.15) is 5.75 Å². The first-order valence-electron chi connectivity index (χ1n) is 5.77. The highest BCUT2D eigenvalue weighted by molar-refractivity contribution is 6.32. The average molecular weight is 257 g/mol. The van der Waals surface area contributed by atoms with E-state index in [-0.39, 0.29) is 19.0 Å². The van der Waals surface area contributed by atoms with E-state index < -0.39 is 0 Å². The molecule has 0 bridgehead atoms. The van der Waals surface area contributed by atoms with E-state index in [1.165, 1.54) is 0 Å². The molecule has 1 rings (SSSR count). The molecule has 0 aliphatic rings. The number of unbranched alkanes of at least 4 members (excludes halogenated alkanes) is 1. The quantitative estimate of drug-likeness (QED) is 0.554. The minimum atomic E-state index is -0.231. The highest BCUT2D eigenvalue weighted by atomic mass is 35.5. The normalized spacial score (nSPS) is 10.0. The second-order valence-corrected chi connectivity index (χ2v) is 4.01. The van der Waals surface area contributed by atoms with E-state index in [1.54, 1.807) is 12.1 Å². The third-order valence-corrected chi connectivity index (χ3v) is 2.47. The zero-order valence-electron chi connectivity index (χ0n) is 9.95. The SMILES string of the molecule is CCCCOC(=O)CCOc1ccccc1Cl. The minimum Gasteiger partial charge on any atom is -0.491 e. The molecule has 0 saturated heterocycles. The molecular weight excluding hydrogens is 240 g/mol. The molecule has 0 spiro atoms. The lowest BCUT2D eigenvalue weighted by Crippen LogP contribution is -2.10. The van der Waals surface area contributed by atoms with E-state index in [0.717, 1.165) is 12.8 Å². The van der Waals surface area contributed by atoms with Crippen LogP contribution in [0.1, 0.15) is 26.2 Å². The summed E-state index contributed by atoms with van der Waals surface area (Å²) in [6.07, 6.45) is 2.16. The van der Waals surface area contributed by atoms with Gasteiger partial charge < -0.3 is 9.47 Å². The summed E-state index contributed by atoms with van der Waals surface area (Å²) in [5.41, 5.74) is 0. The van der Waals surface area contributed by atoms with Crippen LogP contribution in [-0.4, -0.2) is 19.2 Å². The monoisotopic (exact) mass is 256 g/mol. The van der Waals surface area contributed by atoms with Gasteiger partial charge in [-0.1, -0.05) is 37.1 Å². The highest BCUT2D eigenvalue weighted by Gasteiger charge is 2.04. The van der Waals surface area contributed by atoms with Crippen molar-refractivity contribution in [2.45, 2.75) is 26.2 Å². The molecule has 4 heteroatoms. The van der Waals surface area contributed by atoms with Crippen LogP contribution in [0.2, 0.25) is 5.02 Å². The van der Waals surface area contributed by atoms with Crippen molar-refractivity contribution in [3.63, 3.8) is 0 Å². The Kier molecular flexibility index (Phi) is 6.48. The molecule has 94 valence electrons. The van der Waals surface area contributed by atoms with E-state index in [1.807, 2.05) is 19.1 Å². The van der Waals surface area contributed by atoms with Gasteiger partial charge in [-0.25, -0.2) is 0 Å². The molecular formula is C13H17ClO3. The van der Waals surface area contributed by atoms with Crippen LogP contribution in [0.3, 0.4) is 0 Å². The van der Waals surface area contributed by atoms with Crippen LogP contribution in [-0.2, 0) is 9.53 Å². The van der Waals surface area contributed by atoms with Crippen molar-refractivity contribution < 1.29 is 14.3 Å². The maximum atomic E-state index is 11.3. The van der Waals surface area contributed by atoms with E-state index in [9.17, 15) is 4.79 Å². The van der Waals surface area contributed by atoms with Crippen molar-refractivity contribution in [1.82, 2.24) is 0 Å². The summed E-state index contributed by atoms with van der Waals surface area (Å²) in [4.78, 5) is 11.3. The maximum absolute atomic E-state index is 11.3. The number of hydrogen-bond acceptors (Lipinski definition) is 3. The van der Waals surface area contributed by atoms with Gasteiger partial charge in [0.15, 0.2) is 0 Å². The van der Waals surface area contributed by atoms with Gasteiger partial charge in [0.2, 0.25) is 0 Å². The highest BCUT2D eigenvalue weighted by Crippen LogP contribution is 2.23. The van der Waals surface area contributed by atoms with Crippen LogP contribution >= 0.6 is 11.6 Å². The number of ether oxygens (including phenoxy) is 2. The van der Waals surface area contributed by atoms with Gasteiger partial charge in [-0.3, -0.25) is 4.79 Å². The molecule has 0 saturated carbocycles. The van der Waals surface area contributed by atoms with Gasteiger partial charge in [-0.2, -0.15) is 0 Å². The number of para-hydroxylation sites is 1. The molecule has 3 nitrogen and oxygen atoms in total. The number of halogens is 1. The molecule has 0 amide bonds. The number of rotatable bonds is 7. The fraction of sp³-hybridized carbons (Fsp3) is 0.462. The van der Waals surface area contributed by atoms with Crippen molar-refractivity contribution in [3.05, 3.63) is 29.3 Å². The summed E-state index contributed by atoms with van der Waals surface area (Å²) in [7, 11) is 0. The molecule has 0 aliphatic heterocycles. The summed E-state index contributed by atoms with van der Waals surface area (Å²) in [5.74, 6) is 0.362. The average Bonchev–Trinajstić information content (AvgIpc) is 2.32. The number of carbonyl (C=O) groups is 1. The van der Waals surface area contributed by atoms with E-state index in [0.29, 0.717) is 17.4 Å². The smallest absolute Gasteiger partial charge is 0.309 e. The van der Waals surface area contributed by atoms with Gasteiger partial charge in [0.05, 0.1) is 24.7 Å². The Morgan fingerprint density at radius 1 is 1.29 bits per heavy atom. The van der Waals surface area contributed by atoms with Crippen molar-refractivity contribution in [1.29, 1.82) is 0 Å². The number of esters is 1. The topological polar surface area (TPSA) is 35.5 Å². The summed E-state index contributed by atoms with van der Waals surface area (Å²) in [6.45, 7) is 2.82. The first-order chi connectivity index (χ1) is 8.24. The fourth-order valence-electron chi connectivity index (χ4n) is 1.21. The van der Waals surface area contributed by atoms with E-state index in [2.05, 4.69) is 0 Å². The Bertz CT molecular complexity index is 352. The van der Waals surface area contributed by atoms with Gasteiger partial charge in [-0.15, -0.1) is 0 Å². The first kappa shape index (κ1) is 13.8. The maximum Gasteiger partial charge on any atom is 0.309 e. The van der Waals surface area contributed by atoms with Crippen molar-refractivity contribution in [3.8, 4) is 5.75 Å². The lowest BCUT2D eigenvalue weighted by Gasteiger charge is -2.07. The van der Waals surface area contributed by atoms with Crippen molar-refractivity contribution >= 4 is 17.6 Å². The Labute approximate surface area is 107 Å². The van der Waals surface area contributed by atoms with Gasteiger partial charge in [0, 0.05) is 0 Å². The second-order valence-electron chi connectivity index (χ2n) is 3.60. The molecule has 0 N–H and O–H groups in total. The molecule has 0 heterocycles. The Hall–Kier alpha value is -1.22. The molecule has 1 aromatic carbocycles. The van der Waals surface area contributed by atoms with Gasteiger partial charge in [-0.05, 0) is 18.6 Å². The Morgan fingerprint density at radius 3 is 2.76 bits per heavy atom. The second kappa shape index (κ2) is 7.96. The standard InChI is InChI=1S/C13H17ClO3/c1-2-3-9-17-13(15)8-10-16-12-7-5-4-6-11(12)14/h4-7H,2-3,8-10H2,1H3. The van der Waals surface area contributed by atoms with Gasteiger partial charge in [0.25, 0.3) is 0 Å². The molecule has 1 aromatic rings. The Morgan fingerprint density at radius 2 is 2.06 bits per heavy atom. The first-order valence-corrected chi connectivity index (χ1v) is 6.14. The summed E-state index contributed by atoms with van der Waals surface area (Å²) in [6, 6.07) is 7.18. The molecule has 0 radical (unpaired) electrons. The van der Waals surface area contributed by atoms with Gasteiger partial charge >= 0.3 is 5.97 Å². The van der Waals surface area contributed by atoms with Crippen LogP contribution in [0, 0.1) is 0 Å². The predicted octanol–water partition coefficient (Wildman–Crippen LogP) is 3.45. The lowest BCUT2D eigenvalue weighted by molar-refractivity contribution is -0.144. The molecule has 0 aliphatic carbocycles. The minimum absolute atomic E-state index is 0.231. The summed E-state index contributed by atoms with van der Waals surface area (Å²) >= 11 is 5.90. The zero-order valence-corrected chi connectivity index (χ0v) is 10.7. The molecule has 0 aromatic heterocycles. The molecule has 0 unspecified atom stereocenters. The predicted molar refractivity (Wildman–Crippen MR) is 67.4 cm³/mol. The van der Waals surface area contributed by atoms with Crippen LogP contribution in [0.4, 0.5) is 0 Å². The summed E-state index contributed by atoms with van der Waals surface area (Å²) in [5, 5.41) is 0.548. The number of hydrogen-bond donors (Lipinski definition) is 0. The Balaban J connectivity index is 2.19. The van der Waals surface area contributed by atoms with Crippen LogP contribution < -0.4 is 4.74 Å². The zero-order chi connectivity index (χ0) is 12.5. The third kappa shape index (κ3) is 5.59. The molecule has 0 atom stereocenters. The van der Waals surface area contributed by atoms with Crippen LogP contribution in [0.5, 0.6) is 5.75 Å². The van der Waals surface area contributed by atoms with Crippen LogP contribution in [0.25, 0.3) is 0 Å². The fourth-order valence-corrected chi connectivity index (χ4v) is 1.40.